The summed E-state index contributed by atoms with van der Waals surface area (Å²) in [6.45, 7) is 4.23. The van der Waals surface area contributed by atoms with Gasteiger partial charge < -0.3 is 14.9 Å². The Morgan fingerprint density at radius 3 is 1.83 bits per heavy atom. The zero-order valence-corrected chi connectivity index (χ0v) is 21.0. The molecule has 2 aromatic rings. The molecule has 0 aromatic heterocycles. The summed E-state index contributed by atoms with van der Waals surface area (Å²) in [5.74, 6) is 3.42. The van der Waals surface area contributed by atoms with Crippen LogP contribution in [-0.4, -0.2) is 42.3 Å². The molecule has 2 heterocycles. The van der Waals surface area contributed by atoms with Gasteiger partial charge in [-0.1, -0.05) is 48.6 Å². The molecule has 1 saturated heterocycles. The lowest BCUT2D eigenvalue weighted by Gasteiger charge is -2.59. The molecule has 0 radical (unpaired) electrons. The number of likely N-dealkylation sites (tertiary alicyclic amines) is 1. The number of aliphatic hydroxyl groups is 1. The van der Waals surface area contributed by atoms with Gasteiger partial charge in [0.2, 0.25) is 0 Å². The van der Waals surface area contributed by atoms with Crippen molar-refractivity contribution in [1.29, 1.82) is 0 Å². The second kappa shape index (κ2) is 8.78. The Hall–Kier alpha value is -2.10. The van der Waals surface area contributed by atoms with Crippen LogP contribution in [0.5, 0.6) is 0 Å². The Morgan fingerprint density at radius 2 is 1.29 bits per heavy atom. The monoisotopic (exact) mass is 468 g/mol. The molecule has 8 rings (SSSR count). The van der Waals surface area contributed by atoms with E-state index in [0.717, 1.165) is 43.9 Å². The van der Waals surface area contributed by atoms with Gasteiger partial charge in [0.1, 0.15) is 0 Å². The lowest BCUT2D eigenvalue weighted by atomic mass is 9.48. The molecule has 184 valence electrons. The van der Waals surface area contributed by atoms with E-state index in [2.05, 4.69) is 70.5 Å². The molecule has 0 amide bonds. The lowest BCUT2D eigenvalue weighted by molar-refractivity contribution is -0.127. The third-order valence-electron chi connectivity index (χ3n) is 10.3. The molecule has 0 unspecified atom stereocenters. The molecule has 1 atom stereocenters. The van der Waals surface area contributed by atoms with E-state index >= 15 is 0 Å². The molecule has 2 aromatic carbocycles. The highest BCUT2D eigenvalue weighted by atomic mass is 16.3. The summed E-state index contributed by atoms with van der Waals surface area (Å²) < 4.78 is 0. The molecule has 1 N–H and O–H groups in total. The Balaban J connectivity index is 1.01. The Labute approximate surface area is 210 Å². The standard InChI is InChI=1S/C32H40N2O/c35-31(32-18-24-15-25(19-32)17-26(16-24)20-32)22-33-13-11-23(12-14-33)21-34-29-7-3-1-5-27(29)9-10-28-6-2-4-8-30(28)34/h1-10,23-26,31,35H,11-22H2/t24?,25?,26?,31-,32?/m0/s1. The van der Waals surface area contributed by atoms with Crippen LogP contribution in [0.25, 0.3) is 12.2 Å². The van der Waals surface area contributed by atoms with Crippen molar-refractivity contribution in [2.45, 2.75) is 57.5 Å². The van der Waals surface area contributed by atoms with Crippen molar-refractivity contribution in [1.82, 2.24) is 4.90 Å². The summed E-state index contributed by atoms with van der Waals surface area (Å²) in [5, 5.41) is 11.5. The molecule has 5 fully saturated rings. The van der Waals surface area contributed by atoms with Crippen molar-refractivity contribution in [2.24, 2.45) is 29.1 Å². The van der Waals surface area contributed by atoms with Crippen LogP contribution in [0.1, 0.15) is 62.5 Å². The number of hydrogen-bond acceptors (Lipinski definition) is 3. The van der Waals surface area contributed by atoms with Gasteiger partial charge in [-0.2, -0.15) is 0 Å². The molecule has 3 heteroatoms. The number of rotatable bonds is 5. The second-order valence-electron chi connectivity index (χ2n) is 12.6. The number of β-amino-alcohol motifs (C(OH)–C–C–N with tert-alkyl or cyclic N) is 1. The fourth-order valence-electron chi connectivity index (χ4n) is 8.89. The van der Waals surface area contributed by atoms with Gasteiger partial charge in [-0.15, -0.1) is 0 Å². The molecular formula is C32H40N2O. The second-order valence-corrected chi connectivity index (χ2v) is 12.6. The van der Waals surface area contributed by atoms with E-state index in [9.17, 15) is 5.11 Å². The number of nitrogens with zero attached hydrogens (tertiary/aromatic N) is 2. The minimum Gasteiger partial charge on any atom is -0.391 e. The third kappa shape index (κ3) is 4.05. The van der Waals surface area contributed by atoms with Crippen LogP contribution >= 0.6 is 0 Å². The fourth-order valence-corrected chi connectivity index (χ4v) is 8.89. The summed E-state index contributed by atoms with van der Waals surface area (Å²) in [5.41, 5.74) is 5.51. The maximum atomic E-state index is 11.5. The first kappa shape index (κ1) is 22.1. The summed E-state index contributed by atoms with van der Waals surface area (Å²) >= 11 is 0. The van der Waals surface area contributed by atoms with Gasteiger partial charge in [0.15, 0.2) is 0 Å². The van der Waals surface area contributed by atoms with Crippen LogP contribution in [0, 0.1) is 29.1 Å². The van der Waals surface area contributed by atoms with Crippen LogP contribution < -0.4 is 4.90 Å². The van der Waals surface area contributed by atoms with E-state index in [4.69, 9.17) is 0 Å². The van der Waals surface area contributed by atoms with Gasteiger partial charge in [-0.3, -0.25) is 0 Å². The van der Waals surface area contributed by atoms with Crippen molar-refractivity contribution in [3.63, 3.8) is 0 Å². The summed E-state index contributed by atoms with van der Waals surface area (Å²) in [6, 6.07) is 17.6. The van der Waals surface area contributed by atoms with Crippen molar-refractivity contribution in [3.8, 4) is 0 Å². The van der Waals surface area contributed by atoms with Crippen LogP contribution in [0.15, 0.2) is 48.5 Å². The molecule has 4 bridgehead atoms. The molecule has 0 spiro atoms. The number of piperidine rings is 1. The van der Waals surface area contributed by atoms with Crippen LogP contribution in [0.2, 0.25) is 0 Å². The van der Waals surface area contributed by atoms with Gasteiger partial charge >= 0.3 is 0 Å². The first-order valence-corrected chi connectivity index (χ1v) is 14.2. The average molecular weight is 469 g/mol. The average Bonchev–Trinajstić information content (AvgIpc) is 3.02. The fraction of sp³-hybridized carbons (Fsp3) is 0.562. The van der Waals surface area contributed by atoms with Crippen molar-refractivity contribution >= 4 is 23.5 Å². The number of hydrogen-bond donors (Lipinski definition) is 1. The maximum absolute atomic E-state index is 11.5. The first-order valence-electron chi connectivity index (χ1n) is 14.2. The predicted molar refractivity (Wildman–Crippen MR) is 145 cm³/mol. The Kier molecular flexibility index (Phi) is 5.55. The van der Waals surface area contributed by atoms with E-state index in [1.54, 1.807) is 0 Å². The molecular weight excluding hydrogens is 428 g/mol. The zero-order chi connectivity index (χ0) is 23.4. The first-order chi connectivity index (χ1) is 17.1. The molecule has 4 aliphatic carbocycles. The Morgan fingerprint density at radius 1 is 0.771 bits per heavy atom. The zero-order valence-electron chi connectivity index (χ0n) is 21.0. The lowest BCUT2D eigenvalue weighted by Crippen LogP contribution is -2.55. The number of para-hydroxylation sites is 2. The van der Waals surface area contributed by atoms with E-state index in [1.165, 1.54) is 73.9 Å². The summed E-state index contributed by atoms with van der Waals surface area (Å²) in [7, 11) is 0. The minimum absolute atomic E-state index is 0.122. The molecule has 2 aliphatic heterocycles. The highest BCUT2D eigenvalue weighted by molar-refractivity contribution is 5.88. The number of benzene rings is 2. The van der Waals surface area contributed by atoms with Crippen molar-refractivity contribution in [3.05, 3.63) is 59.7 Å². The van der Waals surface area contributed by atoms with E-state index in [1.807, 2.05) is 0 Å². The predicted octanol–water partition coefficient (Wildman–Crippen LogP) is 6.60. The normalized spacial score (nSPS) is 32.8. The SMILES string of the molecule is O[C@@H](CN1CCC(CN2c3ccccc3C=Cc3ccccc32)CC1)C12CC3CC(CC(C3)C1)C2. The highest BCUT2D eigenvalue weighted by Gasteiger charge is 2.54. The molecule has 35 heavy (non-hydrogen) atoms. The van der Waals surface area contributed by atoms with Gasteiger partial charge in [0, 0.05) is 24.5 Å². The topological polar surface area (TPSA) is 26.7 Å². The van der Waals surface area contributed by atoms with Gasteiger partial charge in [0.25, 0.3) is 0 Å². The molecule has 4 saturated carbocycles. The largest absolute Gasteiger partial charge is 0.391 e. The van der Waals surface area contributed by atoms with Crippen LogP contribution in [0.3, 0.4) is 0 Å². The molecule has 6 aliphatic rings. The van der Waals surface area contributed by atoms with Gasteiger partial charge in [-0.05, 0) is 117 Å². The number of aliphatic hydroxyl groups excluding tert-OH is 1. The third-order valence-corrected chi connectivity index (χ3v) is 10.3. The van der Waals surface area contributed by atoms with Gasteiger partial charge in [0.05, 0.1) is 6.10 Å². The highest BCUT2D eigenvalue weighted by Crippen LogP contribution is 2.61. The van der Waals surface area contributed by atoms with Crippen LogP contribution in [-0.2, 0) is 0 Å². The number of anilines is 2. The van der Waals surface area contributed by atoms with E-state index < -0.39 is 0 Å². The van der Waals surface area contributed by atoms with Crippen LogP contribution in [0.4, 0.5) is 11.4 Å². The van der Waals surface area contributed by atoms with Crippen molar-refractivity contribution < 1.29 is 5.11 Å². The Bertz CT molecular complexity index is 1010. The molecule has 3 nitrogen and oxygen atoms in total. The van der Waals surface area contributed by atoms with E-state index in [-0.39, 0.29) is 11.5 Å². The van der Waals surface area contributed by atoms with E-state index in [0.29, 0.717) is 5.92 Å². The smallest absolute Gasteiger partial charge is 0.0723 e. The minimum atomic E-state index is -0.122. The maximum Gasteiger partial charge on any atom is 0.0723 e. The van der Waals surface area contributed by atoms with Gasteiger partial charge in [-0.25, -0.2) is 0 Å². The summed E-state index contributed by atoms with van der Waals surface area (Å²) in [6.07, 6.45) is 15.1. The number of fused-ring (bicyclic) bond motifs is 2. The van der Waals surface area contributed by atoms with Crippen molar-refractivity contribution in [2.75, 3.05) is 31.1 Å². The summed E-state index contributed by atoms with van der Waals surface area (Å²) in [4.78, 5) is 5.15. The quantitative estimate of drug-likeness (QED) is 0.536.